The number of nitrogens with zero attached hydrogens (tertiary/aromatic N) is 1. The summed E-state index contributed by atoms with van der Waals surface area (Å²) in [5.41, 5.74) is 9.42. The van der Waals surface area contributed by atoms with Crippen molar-refractivity contribution in [2.75, 3.05) is 29.0 Å². The van der Waals surface area contributed by atoms with Crippen LogP contribution in [0.5, 0.6) is 0 Å². The molecular formula is C16H16FN3O. The molecule has 0 unspecified atom stereocenters. The molecule has 0 atom stereocenters. The van der Waals surface area contributed by atoms with E-state index in [1.165, 1.54) is 12.1 Å². The zero-order chi connectivity index (χ0) is 14.8. The van der Waals surface area contributed by atoms with Crippen molar-refractivity contribution >= 4 is 23.0 Å². The van der Waals surface area contributed by atoms with E-state index in [0.717, 1.165) is 29.9 Å². The first-order valence-electron chi connectivity index (χ1n) is 6.81. The maximum Gasteiger partial charge on any atom is 0.243 e. The Balaban J connectivity index is 1.67. The van der Waals surface area contributed by atoms with Crippen LogP contribution < -0.4 is 16.0 Å². The van der Waals surface area contributed by atoms with Crippen molar-refractivity contribution in [3.63, 3.8) is 0 Å². The number of hydrogen-bond donors (Lipinski definition) is 2. The summed E-state index contributed by atoms with van der Waals surface area (Å²) < 4.78 is 12.8. The number of nitrogens with two attached hydrogens (primary N) is 1. The van der Waals surface area contributed by atoms with Gasteiger partial charge < -0.3 is 16.0 Å². The third-order valence-corrected chi connectivity index (χ3v) is 3.62. The lowest BCUT2D eigenvalue weighted by Gasteiger charge is -2.19. The number of nitrogens with one attached hydrogen (secondary N) is 1. The van der Waals surface area contributed by atoms with Crippen LogP contribution in [-0.2, 0) is 11.2 Å². The van der Waals surface area contributed by atoms with Crippen molar-refractivity contribution in [3.8, 4) is 0 Å². The summed E-state index contributed by atoms with van der Waals surface area (Å²) in [5, 5.41) is 2.76. The second-order valence-corrected chi connectivity index (χ2v) is 5.07. The van der Waals surface area contributed by atoms with Crippen LogP contribution in [0.25, 0.3) is 0 Å². The van der Waals surface area contributed by atoms with Crippen LogP contribution in [-0.4, -0.2) is 19.0 Å². The minimum Gasteiger partial charge on any atom is -0.398 e. The molecule has 0 radical (unpaired) electrons. The van der Waals surface area contributed by atoms with Gasteiger partial charge in [-0.15, -0.1) is 0 Å². The summed E-state index contributed by atoms with van der Waals surface area (Å²) >= 11 is 0. The van der Waals surface area contributed by atoms with Gasteiger partial charge in [0.05, 0.1) is 6.54 Å². The second kappa shape index (κ2) is 5.44. The smallest absolute Gasteiger partial charge is 0.243 e. The Bertz CT molecular complexity index is 670. The Kier molecular flexibility index (Phi) is 3.48. The van der Waals surface area contributed by atoms with Gasteiger partial charge in [0.1, 0.15) is 5.82 Å². The summed E-state index contributed by atoms with van der Waals surface area (Å²) in [6.07, 6.45) is 0.853. The van der Waals surface area contributed by atoms with Gasteiger partial charge in [-0.3, -0.25) is 4.79 Å². The Morgan fingerprint density at radius 2 is 2.00 bits per heavy atom. The molecule has 0 fully saturated rings. The molecule has 108 valence electrons. The number of carbonyl (C=O) groups excluding carboxylic acids is 1. The van der Waals surface area contributed by atoms with Gasteiger partial charge in [0, 0.05) is 29.2 Å². The minimum atomic E-state index is -0.322. The van der Waals surface area contributed by atoms with Gasteiger partial charge in [-0.05, 0) is 42.8 Å². The molecule has 3 rings (SSSR count). The lowest BCUT2D eigenvalue weighted by Crippen LogP contribution is -2.31. The van der Waals surface area contributed by atoms with Crippen molar-refractivity contribution in [1.29, 1.82) is 0 Å². The van der Waals surface area contributed by atoms with E-state index in [1.807, 2.05) is 23.1 Å². The van der Waals surface area contributed by atoms with Crippen molar-refractivity contribution in [1.82, 2.24) is 0 Å². The first-order chi connectivity index (χ1) is 10.1. The second-order valence-electron chi connectivity index (χ2n) is 5.07. The van der Waals surface area contributed by atoms with E-state index < -0.39 is 0 Å². The van der Waals surface area contributed by atoms with Gasteiger partial charge >= 0.3 is 0 Å². The predicted octanol–water partition coefficient (Wildman–Crippen LogP) is 2.41. The topological polar surface area (TPSA) is 58.4 Å². The molecule has 1 heterocycles. The number of rotatable bonds is 3. The van der Waals surface area contributed by atoms with Crippen LogP contribution >= 0.6 is 0 Å². The van der Waals surface area contributed by atoms with Crippen LogP contribution in [0.2, 0.25) is 0 Å². The highest BCUT2D eigenvalue weighted by atomic mass is 19.1. The monoisotopic (exact) mass is 285 g/mol. The fourth-order valence-electron chi connectivity index (χ4n) is 2.60. The molecule has 21 heavy (non-hydrogen) atoms. The standard InChI is InChI=1S/C16H16FN3O/c17-11-4-6-12(7-5-11)19-16(21)10-20-9-8-13-14(18)2-1-3-15(13)20/h1-7H,8-10,18H2,(H,19,21). The average Bonchev–Trinajstić information content (AvgIpc) is 2.86. The van der Waals surface area contributed by atoms with E-state index in [9.17, 15) is 9.18 Å². The van der Waals surface area contributed by atoms with E-state index in [0.29, 0.717) is 5.69 Å². The quantitative estimate of drug-likeness (QED) is 0.851. The highest BCUT2D eigenvalue weighted by Gasteiger charge is 2.22. The fourth-order valence-corrected chi connectivity index (χ4v) is 2.60. The van der Waals surface area contributed by atoms with Gasteiger partial charge in [0.25, 0.3) is 0 Å². The van der Waals surface area contributed by atoms with Gasteiger partial charge in [-0.25, -0.2) is 4.39 Å². The van der Waals surface area contributed by atoms with Gasteiger partial charge in [0.15, 0.2) is 0 Å². The third kappa shape index (κ3) is 2.81. The molecule has 0 saturated carbocycles. The highest BCUT2D eigenvalue weighted by Crippen LogP contribution is 2.31. The van der Waals surface area contributed by atoms with Crippen LogP contribution in [0.3, 0.4) is 0 Å². The molecule has 1 amide bonds. The maximum atomic E-state index is 12.8. The Hall–Kier alpha value is -2.56. The van der Waals surface area contributed by atoms with Crippen LogP contribution in [0.4, 0.5) is 21.5 Å². The number of hydrogen-bond acceptors (Lipinski definition) is 3. The summed E-state index contributed by atoms with van der Waals surface area (Å²) in [5.74, 6) is -0.450. The molecule has 4 nitrogen and oxygen atoms in total. The van der Waals surface area contributed by atoms with Gasteiger partial charge in [-0.1, -0.05) is 6.07 Å². The number of benzene rings is 2. The Labute approximate surface area is 122 Å². The summed E-state index contributed by atoms with van der Waals surface area (Å²) in [6.45, 7) is 1.04. The van der Waals surface area contributed by atoms with Gasteiger partial charge in [-0.2, -0.15) is 0 Å². The van der Waals surface area contributed by atoms with E-state index in [4.69, 9.17) is 5.73 Å². The molecule has 5 heteroatoms. The number of fused-ring (bicyclic) bond motifs is 1. The molecular weight excluding hydrogens is 269 g/mol. The predicted molar refractivity (Wildman–Crippen MR) is 81.8 cm³/mol. The third-order valence-electron chi connectivity index (χ3n) is 3.62. The summed E-state index contributed by atoms with van der Waals surface area (Å²) in [7, 11) is 0. The number of anilines is 3. The van der Waals surface area contributed by atoms with Crippen LogP contribution in [0, 0.1) is 5.82 Å². The first-order valence-corrected chi connectivity index (χ1v) is 6.81. The zero-order valence-electron chi connectivity index (χ0n) is 11.5. The number of amides is 1. The molecule has 0 bridgehead atoms. The molecule has 0 aromatic heterocycles. The molecule has 2 aromatic rings. The fraction of sp³-hybridized carbons (Fsp3) is 0.188. The molecule has 1 aliphatic heterocycles. The van der Waals surface area contributed by atoms with Crippen LogP contribution in [0.1, 0.15) is 5.56 Å². The summed E-state index contributed by atoms with van der Waals surface area (Å²) in [6, 6.07) is 11.5. The molecule has 0 saturated heterocycles. The molecule has 2 aromatic carbocycles. The maximum absolute atomic E-state index is 12.8. The largest absolute Gasteiger partial charge is 0.398 e. The number of carbonyl (C=O) groups is 1. The first kappa shape index (κ1) is 13.4. The van der Waals surface area contributed by atoms with E-state index in [1.54, 1.807) is 12.1 Å². The SMILES string of the molecule is Nc1cccc2c1CCN2CC(=O)Nc1ccc(F)cc1. The Morgan fingerprint density at radius 1 is 1.24 bits per heavy atom. The van der Waals surface area contributed by atoms with Crippen LogP contribution in [0.15, 0.2) is 42.5 Å². The van der Waals surface area contributed by atoms with Crippen molar-refractivity contribution in [2.24, 2.45) is 0 Å². The van der Waals surface area contributed by atoms with Crippen molar-refractivity contribution in [3.05, 3.63) is 53.8 Å². The van der Waals surface area contributed by atoms with E-state index in [-0.39, 0.29) is 18.3 Å². The van der Waals surface area contributed by atoms with E-state index >= 15 is 0 Å². The lowest BCUT2D eigenvalue weighted by molar-refractivity contribution is -0.115. The lowest BCUT2D eigenvalue weighted by atomic mass is 10.1. The molecule has 3 N–H and O–H groups in total. The molecule has 1 aliphatic rings. The molecule has 0 aliphatic carbocycles. The number of halogens is 1. The number of nitrogen functional groups attached to an aromatic ring is 1. The van der Waals surface area contributed by atoms with E-state index in [2.05, 4.69) is 5.32 Å². The van der Waals surface area contributed by atoms with Crippen molar-refractivity contribution < 1.29 is 9.18 Å². The summed E-state index contributed by atoms with van der Waals surface area (Å²) in [4.78, 5) is 14.1. The normalized spacial score (nSPS) is 13.1. The van der Waals surface area contributed by atoms with Crippen molar-refractivity contribution in [2.45, 2.75) is 6.42 Å². The zero-order valence-corrected chi connectivity index (χ0v) is 11.5. The minimum absolute atomic E-state index is 0.128. The highest BCUT2D eigenvalue weighted by molar-refractivity contribution is 5.94. The molecule has 0 spiro atoms. The average molecular weight is 285 g/mol. The Morgan fingerprint density at radius 3 is 2.76 bits per heavy atom. The van der Waals surface area contributed by atoms with Gasteiger partial charge in [0.2, 0.25) is 5.91 Å².